The third-order valence-corrected chi connectivity index (χ3v) is 4.40. The third kappa shape index (κ3) is 3.06. The number of halogens is 2. The van der Waals surface area contributed by atoms with Crippen LogP contribution in [-0.2, 0) is 19.4 Å². The lowest BCUT2D eigenvalue weighted by atomic mass is 9.91. The van der Waals surface area contributed by atoms with Crippen molar-refractivity contribution >= 4 is 21.7 Å². The van der Waals surface area contributed by atoms with Gasteiger partial charge < -0.3 is 5.32 Å². The topological polar surface area (TPSA) is 29.1 Å². The van der Waals surface area contributed by atoms with Crippen molar-refractivity contribution in [1.82, 2.24) is 5.32 Å². The second-order valence-electron chi connectivity index (χ2n) is 5.22. The van der Waals surface area contributed by atoms with Crippen LogP contribution in [0.1, 0.15) is 27.0 Å². The summed E-state index contributed by atoms with van der Waals surface area (Å²) in [6.45, 7) is 1.72. The zero-order chi connectivity index (χ0) is 14.8. The molecule has 2 aromatic rings. The third-order valence-electron chi connectivity index (χ3n) is 3.79. The molecule has 0 unspecified atom stereocenters. The molecule has 0 aliphatic carbocycles. The molecule has 21 heavy (non-hydrogen) atoms. The predicted octanol–water partition coefficient (Wildman–Crippen LogP) is 3.66. The van der Waals surface area contributed by atoms with Crippen LogP contribution in [0.25, 0.3) is 0 Å². The molecular weight excluding hydrogens is 333 g/mol. The summed E-state index contributed by atoms with van der Waals surface area (Å²) in [5.41, 5.74) is 3.98. The van der Waals surface area contributed by atoms with E-state index in [-0.39, 0.29) is 11.6 Å². The molecule has 1 heterocycles. The number of ketones is 1. The van der Waals surface area contributed by atoms with E-state index < -0.39 is 0 Å². The number of hydrogen-bond acceptors (Lipinski definition) is 2. The van der Waals surface area contributed by atoms with E-state index in [1.54, 1.807) is 12.1 Å². The molecule has 0 saturated heterocycles. The van der Waals surface area contributed by atoms with Gasteiger partial charge in [-0.3, -0.25) is 4.79 Å². The number of nitrogens with one attached hydrogen (secondary N) is 1. The summed E-state index contributed by atoms with van der Waals surface area (Å²) in [5.74, 6) is -0.221. The Labute approximate surface area is 131 Å². The van der Waals surface area contributed by atoms with Crippen LogP contribution in [0.15, 0.2) is 40.9 Å². The Balaban J connectivity index is 1.87. The van der Waals surface area contributed by atoms with E-state index in [0.717, 1.165) is 36.2 Å². The van der Waals surface area contributed by atoms with Gasteiger partial charge in [0.05, 0.1) is 4.47 Å². The summed E-state index contributed by atoms with van der Waals surface area (Å²) in [5, 5.41) is 3.31. The first-order valence-electron chi connectivity index (χ1n) is 6.94. The molecule has 3 rings (SSSR count). The lowest BCUT2D eigenvalue weighted by molar-refractivity contribution is 0.0991. The Bertz CT molecular complexity index is 699. The fraction of sp³-hybridized carbons (Fsp3) is 0.235. The van der Waals surface area contributed by atoms with Crippen LogP contribution in [-0.4, -0.2) is 12.3 Å². The molecule has 1 aliphatic heterocycles. The maximum atomic E-state index is 13.2. The van der Waals surface area contributed by atoms with Crippen molar-refractivity contribution in [3.8, 4) is 0 Å². The van der Waals surface area contributed by atoms with Crippen LogP contribution in [0.2, 0.25) is 0 Å². The first-order valence-corrected chi connectivity index (χ1v) is 7.73. The van der Waals surface area contributed by atoms with E-state index in [1.807, 2.05) is 12.1 Å². The van der Waals surface area contributed by atoms with Gasteiger partial charge in [-0.15, -0.1) is 0 Å². The van der Waals surface area contributed by atoms with E-state index in [2.05, 4.69) is 27.3 Å². The second-order valence-corrected chi connectivity index (χ2v) is 6.07. The van der Waals surface area contributed by atoms with Gasteiger partial charge in [0.2, 0.25) is 0 Å². The van der Waals surface area contributed by atoms with Crippen LogP contribution in [0.3, 0.4) is 0 Å². The molecule has 0 amide bonds. The molecule has 0 saturated carbocycles. The lowest BCUT2D eigenvalue weighted by Crippen LogP contribution is -2.25. The Morgan fingerprint density at radius 1 is 1.29 bits per heavy atom. The van der Waals surface area contributed by atoms with Crippen LogP contribution >= 0.6 is 15.9 Å². The number of rotatable bonds is 3. The molecule has 0 bridgehead atoms. The maximum absolute atomic E-state index is 13.2. The van der Waals surface area contributed by atoms with Crippen molar-refractivity contribution in [3.63, 3.8) is 0 Å². The van der Waals surface area contributed by atoms with E-state index >= 15 is 0 Å². The summed E-state index contributed by atoms with van der Waals surface area (Å²) in [7, 11) is 0. The van der Waals surface area contributed by atoms with E-state index in [1.165, 1.54) is 11.6 Å². The Morgan fingerprint density at radius 2 is 2.14 bits per heavy atom. The highest BCUT2D eigenvalue weighted by molar-refractivity contribution is 9.10. The average Bonchev–Trinajstić information content (AvgIpc) is 2.50. The van der Waals surface area contributed by atoms with Crippen molar-refractivity contribution in [1.29, 1.82) is 0 Å². The Hall–Kier alpha value is -1.52. The molecule has 2 aromatic carbocycles. The van der Waals surface area contributed by atoms with E-state index in [9.17, 15) is 9.18 Å². The van der Waals surface area contributed by atoms with Crippen molar-refractivity contribution in [2.75, 3.05) is 6.54 Å². The van der Waals surface area contributed by atoms with Gasteiger partial charge in [-0.1, -0.05) is 24.3 Å². The number of carbonyl (C=O) groups is 1. The number of hydrogen-bond donors (Lipinski definition) is 1. The zero-order valence-electron chi connectivity index (χ0n) is 11.5. The lowest BCUT2D eigenvalue weighted by Gasteiger charge is -2.19. The summed E-state index contributed by atoms with van der Waals surface area (Å²) >= 11 is 3.16. The van der Waals surface area contributed by atoms with Crippen LogP contribution in [0.4, 0.5) is 4.39 Å². The standard InChI is InChI=1S/C17H15BrFNO/c18-15-8-11(4-5-16(15)19)9-17(21)14-3-1-2-12-10-20-7-6-13(12)14/h1-5,8,20H,6-7,9-10H2. The van der Waals surface area contributed by atoms with Gasteiger partial charge in [-0.2, -0.15) is 0 Å². The van der Waals surface area contributed by atoms with Crippen molar-refractivity contribution < 1.29 is 9.18 Å². The van der Waals surface area contributed by atoms with Crippen molar-refractivity contribution in [3.05, 3.63) is 68.9 Å². The number of Topliss-reactive ketones (excluding diaryl/α,β-unsaturated/α-hetero) is 1. The molecule has 108 valence electrons. The van der Waals surface area contributed by atoms with Crippen molar-refractivity contribution in [2.45, 2.75) is 19.4 Å². The SMILES string of the molecule is O=C(Cc1ccc(F)c(Br)c1)c1cccc2c1CCNC2. The van der Waals surface area contributed by atoms with E-state index in [4.69, 9.17) is 0 Å². The molecule has 2 nitrogen and oxygen atoms in total. The number of benzene rings is 2. The quantitative estimate of drug-likeness (QED) is 0.858. The largest absolute Gasteiger partial charge is 0.312 e. The highest BCUT2D eigenvalue weighted by Gasteiger charge is 2.17. The molecule has 0 fully saturated rings. The normalized spacial score (nSPS) is 13.8. The molecule has 0 radical (unpaired) electrons. The monoisotopic (exact) mass is 347 g/mol. The summed E-state index contributed by atoms with van der Waals surface area (Å²) in [4.78, 5) is 12.6. The Morgan fingerprint density at radius 3 is 2.95 bits per heavy atom. The predicted molar refractivity (Wildman–Crippen MR) is 84.0 cm³/mol. The summed E-state index contributed by atoms with van der Waals surface area (Å²) < 4.78 is 13.6. The fourth-order valence-electron chi connectivity index (χ4n) is 2.72. The Kier molecular flexibility index (Phi) is 4.17. The minimum Gasteiger partial charge on any atom is -0.312 e. The van der Waals surface area contributed by atoms with Gasteiger partial charge in [0.15, 0.2) is 5.78 Å². The smallest absolute Gasteiger partial charge is 0.167 e. The number of fused-ring (bicyclic) bond motifs is 1. The minimum absolute atomic E-state index is 0.0901. The summed E-state index contributed by atoms with van der Waals surface area (Å²) in [6, 6.07) is 10.6. The first kappa shape index (κ1) is 14.4. The van der Waals surface area contributed by atoms with Gasteiger partial charge in [0, 0.05) is 18.5 Å². The number of carbonyl (C=O) groups excluding carboxylic acids is 1. The van der Waals surface area contributed by atoms with Crippen LogP contribution in [0.5, 0.6) is 0 Å². The molecule has 4 heteroatoms. The average molecular weight is 348 g/mol. The van der Waals surface area contributed by atoms with Crippen molar-refractivity contribution in [2.24, 2.45) is 0 Å². The zero-order valence-corrected chi connectivity index (χ0v) is 13.0. The molecule has 0 spiro atoms. The van der Waals surface area contributed by atoms with Crippen LogP contribution in [0, 0.1) is 5.82 Å². The molecule has 1 aliphatic rings. The first-order chi connectivity index (χ1) is 10.1. The van der Waals surface area contributed by atoms with Gasteiger partial charge >= 0.3 is 0 Å². The molecule has 1 N–H and O–H groups in total. The van der Waals surface area contributed by atoms with Gasteiger partial charge in [-0.05, 0) is 57.7 Å². The van der Waals surface area contributed by atoms with Gasteiger partial charge in [-0.25, -0.2) is 4.39 Å². The van der Waals surface area contributed by atoms with Gasteiger partial charge in [0.1, 0.15) is 5.82 Å². The van der Waals surface area contributed by atoms with Crippen LogP contribution < -0.4 is 5.32 Å². The highest BCUT2D eigenvalue weighted by atomic mass is 79.9. The summed E-state index contributed by atoms with van der Waals surface area (Å²) in [6.07, 6.45) is 1.17. The second kappa shape index (κ2) is 6.08. The minimum atomic E-state index is -0.311. The van der Waals surface area contributed by atoms with E-state index in [0.29, 0.717) is 10.9 Å². The maximum Gasteiger partial charge on any atom is 0.167 e. The highest BCUT2D eigenvalue weighted by Crippen LogP contribution is 2.22. The fourth-order valence-corrected chi connectivity index (χ4v) is 3.15. The molecule has 0 atom stereocenters. The molecular formula is C17H15BrFNO. The molecule has 0 aromatic heterocycles. The van der Waals surface area contributed by atoms with Gasteiger partial charge in [0.25, 0.3) is 0 Å².